The van der Waals surface area contributed by atoms with Crippen molar-refractivity contribution in [2.45, 2.75) is 60.4 Å². The van der Waals surface area contributed by atoms with Crippen LogP contribution in [-0.4, -0.2) is 67.4 Å². The van der Waals surface area contributed by atoms with Crippen molar-refractivity contribution in [3.8, 4) is 0 Å². The molecule has 1 fully saturated rings. The van der Waals surface area contributed by atoms with Crippen molar-refractivity contribution in [1.82, 2.24) is 23.6 Å². The molecule has 0 saturated carbocycles. The standard InChI is InChI=1S/C28H38N6O6/c1-27(2,3)23(36)39-18-34-22(35)20-21(30(7)25(34)37)29-24(33(20)17-19-11-9-8-10-12-19)31-13-15-32(16-14-31)26(38)40-28(4,5)6/h8-12H,13-18H2,1-7H3. The van der Waals surface area contributed by atoms with E-state index >= 15 is 0 Å². The van der Waals surface area contributed by atoms with Gasteiger partial charge in [-0.3, -0.25) is 18.7 Å². The fraction of sp³-hybridized carbons (Fsp3) is 0.536. The molecule has 0 radical (unpaired) electrons. The average Bonchev–Trinajstić information content (AvgIpc) is 3.25. The first-order chi connectivity index (χ1) is 18.7. The normalized spacial score (nSPS) is 14.5. The molecule has 1 saturated heterocycles. The van der Waals surface area contributed by atoms with Crippen LogP contribution >= 0.6 is 0 Å². The van der Waals surface area contributed by atoms with Crippen LogP contribution in [0, 0.1) is 5.41 Å². The van der Waals surface area contributed by atoms with Crippen LogP contribution in [-0.2, 0) is 34.6 Å². The Kier molecular flexibility index (Phi) is 7.82. The molecule has 0 bridgehead atoms. The number of hydrogen-bond acceptors (Lipinski definition) is 8. The molecule has 0 N–H and O–H groups in total. The first-order valence-electron chi connectivity index (χ1n) is 13.3. The molecule has 40 heavy (non-hydrogen) atoms. The summed E-state index contributed by atoms with van der Waals surface area (Å²) >= 11 is 0. The van der Waals surface area contributed by atoms with Gasteiger partial charge in [0, 0.05) is 33.2 Å². The number of amides is 1. The summed E-state index contributed by atoms with van der Waals surface area (Å²) < 4.78 is 14.8. The fourth-order valence-electron chi connectivity index (χ4n) is 4.39. The summed E-state index contributed by atoms with van der Waals surface area (Å²) in [6.07, 6.45) is -0.375. The molecule has 1 aliphatic rings. The van der Waals surface area contributed by atoms with E-state index in [0.29, 0.717) is 38.7 Å². The molecule has 216 valence electrons. The van der Waals surface area contributed by atoms with Crippen LogP contribution in [0.5, 0.6) is 0 Å². The highest BCUT2D eigenvalue weighted by atomic mass is 16.6. The van der Waals surface area contributed by atoms with Gasteiger partial charge >= 0.3 is 17.8 Å². The molecule has 12 nitrogen and oxygen atoms in total. The molecule has 1 aromatic carbocycles. The Morgan fingerprint density at radius 3 is 2.12 bits per heavy atom. The number of carbonyl (C=O) groups is 2. The number of esters is 1. The van der Waals surface area contributed by atoms with E-state index in [-0.39, 0.29) is 17.3 Å². The van der Waals surface area contributed by atoms with Crippen LogP contribution in [0.3, 0.4) is 0 Å². The Morgan fingerprint density at radius 1 is 0.925 bits per heavy atom. The van der Waals surface area contributed by atoms with Crippen molar-refractivity contribution >= 4 is 29.2 Å². The lowest BCUT2D eigenvalue weighted by Gasteiger charge is -2.36. The van der Waals surface area contributed by atoms with E-state index in [1.165, 1.54) is 11.6 Å². The number of aryl methyl sites for hydroxylation is 1. The molecule has 1 amide bonds. The second-order valence-electron chi connectivity index (χ2n) is 12.0. The zero-order valence-electron chi connectivity index (χ0n) is 24.3. The Hall–Kier alpha value is -4.09. The first kappa shape index (κ1) is 28.9. The predicted molar refractivity (Wildman–Crippen MR) is 150 cm³/mol. The number of benzene rings is 1. The molecule has 0 atom stereocenters. The minimum Gasteiger partial charge on any atom is -0.444 e. The lowest BCUT2D eigenvalue weighted by atomic mass is 9.98. The Balaban J connectivity index is 1.75. The molecule has 2 aromatic heterocycles. The van der Waals surface area contributed by atoms with Gasteiger partial charge in [-0.1, -0.05) is 30.3 Å². The molecule has 0 spiro atoms. The number of piperazine rings is 1. The molecular formula is C28H38N6O6. The van der Waals surface area contributed by atoms with E-state index in [0.717, 1.165) is 10.1 Å². The van der Waals surface area contributed by atoms with Crippen LogP contribution in [0.1, 0.15) is 47.1 Å². The summed E-state index contributed by atoms with van der Waals surface area (Å²) in [6.45, 7) is 12.1. The first-order valence-corrected chi connectivity index (χ1v) is 13.3. The van der Waals surface area contributed by atoms with Crippen LogP contribution < -0.4 is 16.1 Å². The van der Waals surface area contributed by atoms with Gasteiger partial charge in [0.2, 0.25) is 5.95 Å². The molecule has 4 rings (SSSR count). The topological polar surface area (TPSA) is 121 Å². The summed E-state index contributed by atoms with van der Waals surface area (Å²) in [6, 6.07) is 9.62. The van der Waals surface area contributed by atoms with Crippen LogP contribution in [0.2, 0.25) is 0 Å². The van der Waals surface area contributed by atoms with Gasteiger partial charge in [-0.05, 0) is 47.1 Å². The van der Waals surface area contributed by atoms with E-state index in [1.54, 1.807) is 30.2 Å². The third-order valence-electron chi connectivity index (χ3n) is 6.55. The minimum absolute atomic E-state index is 0.224. The number of fused-ring (bicyclic) bond motifs is 1. The lowest BCUT2D eigenvalue weighted by Crippen LogP contribution is -2.50. The Bertz CT molecular complexity index is 1520. The van der Waals surface area contributed by atoms with E-state index in [4.69, 9.17) is 14.5 Å². The van der Waals surface area contributed by atoms with Gasteiger partial charge in [-0.25, -0.2) is 14.2 Å². The quantitative estimate of drug-likeness (QED) is 0.441. The third-order valence-corrected chi connectivity index (χ3v) is 6.55. The fourth-order valence-corrected chi connectivity index (χ4v) is 4.39. The van der Waals surface area contributed by atoms with Crippen molar-refractivity contribution in [3.05, 3.63) is 56.7 Å². The summed E-state index contributed by atoms with van der Waals surface area (Å²) in [5.74, 6) is -0.0119. The average molecular weight is 555 g/mol. The second-order valence-corrected chi connectivity index (χ2v) is 12.0. The Labute approximate surface area is 232 Å². The number of anilines is 1. The van der Waals surface area contributed by atoms with Crippen molar-refractivity contribution in [3.63, 3.8) is 0 Å². The van der Waals surface area contributed by atoms with Crippen molar-refractivity contribution in [2.75, 3.05) is 31.1 Å². The molecular weight excluding hydrogens is 516 g/mol. The highest BCUT2D eigenvalue weighted by molar-refractivity contribution is 5.76. The van der Waals surface area contributed by atoms with Gasteiger partial charge in [0.15, 0.2) is 17.9 Å². The number of nitrogens with zero attached hydrogens (tertiary/aromatic N) is 6. The smallest absolute Gasteiger partial charge is 0.410 e. The van der Waals surface area contributed by atoms with Gasteiger partial charge in [0.25, 0.3) is 5.56 Å². The SMILES string of the molecule is Cn1c(=O)n(COC(=O)C(C)(C)C)c(=O)c2c1nc(N1CCN(C(=O)OC(C)(C)C)CC1)n2Cc1ccccc1. The van der Waals surface area contributed by atoms with Crippen LogP contribution in [0.15, 0.2) is 39.9 Å². The van der Waals surface area contributed by atoms with E-state index in [2.05, 4.69) is 0 Å². The number of aromatic nitrogens is 4. The van der Waals surface area contributed by atoms with E-state index in [9.17, 15) is 19.2 Å². The highest BCUT2D eigenvalue weighted by Gasteiger charge is 2.30. The molecule has 12 heteroatoms. The lowest BCUT2D eigenvalue weighted by molar-refractivity contribution is -0.157. The monoisotopic (exact) mass is 554 g/mol. The maximum Gasteiger partial charge on any atom is 0.410 e. The highest BCUT2D eigenvalue weighted by Crippen LogP contribution is 2.23. The van der Waals surface area contributed by atoms with Crippen molar-refractivity contribution in [1.29, 1.82) is 0 Å². The van der Waals surface area contributed by atoms with Gasteiger partial charge in [0.05, 0.1) is 12.0 Å². The second kappa shape index (κ2) is 10.8. The van der Waals surface area contributed by atoms with Crippen molar-refractivity contribution < 1.29 is 19.1 Å². The zero-order valence-corrected chi connectivity index (χ0v) is 24.3. The maximum atomic E-state index is 13.8. The van der Waals surface area contributed by atoms with E-state index < -0.39 is 35.0 Å². The summed E-state index contributed by atoms with van der Waals surface area (Å²) in [5, 5.41) is 0. The van der Waals surface area contributed by atoms with Gasteiger partial charge < -0.3 is 19.3 Å². The van der Waals surface area contributed by atoms with Crippen LogP contribution in [0.4, 0.5) is 10.7 Å². The number of ether oxygens (including phenoxy) is 2. The molecule has 1 aliphatic heterocycles. The number of carbonyl (C=O) groups excluding carboxylic acids is 2. The molecule has 0 aliphatic carbocycles. The number of imidazole rings is 1. The molecule has 3 aromatic rings. The van der Waals surface area contributed by atoms with Crippen molar-refractivity contribution in [2.24, 2.45) is 12.5 Å². The summed E-state index contributed by atoms with van der Waals surface area (Å²) in [4.78, 5) is 60.3. The summed E-state index contributed by atoms with van der Waals surface area (Å²) in [5.41, 5.74) is -1.22. The predicted octanol–water partition coefficient (Wildman–Crippen LogP) is 2.55. The zero-order chi connectivity index (χ0) is 29.4. The third kappa shape index (κ3) is 6.05. The Morgan fingerprint density at radius 2 is 1.55 bits per heavy atom. The summed E-state index contributed by atoms with van der Waals surface area (Å²) in [7, 11) is 1.54. The van der Waals surface area contributed by atoms with Gasteiger partial charge in [0.1, 0.15) is 5.60 Å². The number of rotatable bonds is 5. The molecule has 0 unspecified atom stereocenters. The largest absolute Gasteiger partial charge is 0.444 e. The van der Waals surface area contributed by atoms with Gasteiger partial charge in [-0.2, -0.15) is 4.98 Å². The van der Waals surface area contributed by atoms with Crippen LogP contribution in [0.25, 0.3) is 11.2 Å². The number of hydrogen-bond donors (Lipinski definition) is 0. The molecule has 3 heterocycles. The van der Waals surface area contributed by atoms with Gasteiger partial charge in [-0.15, -0.1) is 0 Å². The minimum atomic E-state index is -0.789. The van der Waals surface area contributed by atoms with E-state index in [1.807, 2.05) is 56.0 Å². The maximum absolute atomic E-state index is 13.8.